The van der Waals surface area contributed by atoms with Gasteiger partial charge < -0.3 is 11.1 Å². The number of hydrogen-bond acceptors (Lipinski definition) is 4. The number of carbonyl (C=O) groups excluding carboxylic acids is 1. The molecule has 1 aromatic rings. The van der Waals surface area contributed by atoms with Crippen LogP contribution in [0.15, 0.2) is 29.4 Å². The molecule has 0 bridgehead atoms. The van der Waals surface area contributed by atoms with Gasteiger partial charge in [0, 0.05) is 23.8 Å². The minimum atomic E-state index is 0. The Labute approximate surface area is 112 Å². The second-order valence-electron chi connectivity index (χ2n) is 3.32. The van der Waals surface area contributed by atoms with Gasteiger partial charge in [0.25, 0.3) is 0 Å². The molecule has 0 aromatic carbocycles. The van der Waals surface area contributed by atoms with Crippen LogP contribution in [0.4, 0.5) is 0 Å². The first-order valence-corrected chi connectivity index (χ1v) is 6.31. The summed E-state index contributed by atoms with van der Waals surface area (Å²) in [5.74, 6) is 0.519. The Morgan fingerprint density at radius 1 is 1.35 bits per heavy atom. The van der Waals surface area contributed by atoms with Gasteiger partial charge in [0.05, 0.1) is 5.75 Å². The fraction of sp³-hybridized carbons (Fsp3) is 0.455. The lowest BCUT2D eigenvalue weighted by Crippen LogP contribution is -2.26. The highest BCUT2D eigenvalue weighted by Crippen LogP contribution is 2.15. The number of amides is 1. The van der Waals surface area contributed by atoms with Crippen LogP contribution in [0.3, 0.4) is 0 Å². The van der Waals surface area contributed by atoms with Crippen LogP contribution in [0.2, 0.25) is 0 Å². The first kappa shape index (κ1) is 16.2. The predicted molar refractivity (Wildman–Crippen MR) is 73.5 cm³/mol. The summed E-state index contributed by atoms with van der Waals surface area (Å²) in [6.07, 6.45) is 5.35. The van der Waals surface area contributed by atoms with E-state index in [0.29, 0.717) is 18.8 Å². The predicted octanol–water partition coefficient (Wildman–Crippen LogP) is 1.45. The van der Waals surface area contributed by atoms with Crippen LogP contribution in [0, 0.1) is 0 Å². The van der Waals surface area contributed by atoms with Crippen LogP contribution >= 0.6 is 24.2 Å². The third kappa shape index (κ3) is 8.01. The van der Waals surface area contributed by atoms with Crippen LogP contribution in [0.5, 0.6) is 0 Å². The average molecular weight is 276 g/mol. The molecule has 17 heavy (non-hydrogen) atoms. The highest BCUT2D eigenvalue weighted by atomic mass is 35.5. The molecule has 1 amide bonds. The molecule has 1 aromatic heterocycles. The maximum absolute atomic E-state index is 11.4. The summed E-state index contributed by atoms with van der Waals surface area (Å²) in [5, 5.41) is 2.86. The molecule has 4 nitrogen and oxygen atoms in total. The molecule has 0 radical (unpaired) electrons. The molecule has 0 unspecified atom stereocenters. The highest BCUT2D eigenvalue weighted by Gasteiger charge is 2.01. The van der Waals surface area contributed by atoms with E-state index in [-0.39, 0.29) is 18.3 Å². The van der Waals surface area contributed by atoms with Gasteiger partial charge in [-0.3, -0.25) is 9.78 Å². The van der Waals surface area contributed by atoms with Crippen molar-refractivity contribution in [1.82, 2.24) is 10.3 Å². The minimum absolute atomic E-state index is 0. The Balaban J connectivity index is 0.00000256. The maximum atomic E-state index is 11.4. The number of nitrogens with zero attached hydrogens (tertiary/aromatic N) is 1. The number of nitrogens with one attached hydrogen (secondary N) is 1. The van der Waals surface area contributed by atoms with Crippen molar-refractivity contribution in [2.45, 2.75) is 17.7 Å². The molecule has 0 spiro atoms. The molecular weight excluding hydrogens is 258 g/mol. The van der Waals surface area contributed by atoms with E-state index in [1.165, 1.54) is 11.8 Å². The maximum Gasteiger partial charge on any atom is 0.230 e. The van der Waals surface area contributed by atoms with Gasteiger partial charge in [0.2, 0.25) is 5.91 Å². The van der Waals surface area contributed by atoms with Crippen molar-refractivity contribution in [2.75, 3.05) is 18.8 Å². The summed E-state index contributed by atoms with van der Waals surface area (Å²) in [6.45, 7) is 1.40. The van der Waals surface area contributed by atoms with E-state index in [2.05, 4.69) is 10.3 Å². The van der Waals surface area contributed by atoms with E-state index in [1.54, 1.807) is 12.4 Å². The fourth-order valence-electron chi connectivity index (χ4n) is 1.13. The van der Waals surface area contributed by atoms with Crippen molar-refractivity contribution in [3.63, 3.8) is 0 Å². The van der Waals surface area contributed by atoms with Crippen molar-refractivity contribution in [1.29, 1.82) is 0 Å². The Morgan fingerprint density at radius 2 is 2.06 bits per heavy atom. The zero-order valence-electron chi connectivity index (χ0n) is 9.59. The second kappa shape index (κ2) is 10.4. The molecule has 1 heterocycles. The van der Waals surface area contributed by atoms with E-state index in [1.807, 2.05) is 12.1 Å². The summed E-state index contributed by atoms with van der Waals surface area (Å²) < 4.78 is 0. The van der Waals surface area contributed by atoms with Crippen molar-refractivity contribution < 1.29 is 4.79 Å². The standard InChI is InChI=1S/C11H17N3OS.ClH/c12-5-1-2-6-14-11(15)9-16-10-3-7-13-8-4-10;/h3-4,7-8H,1-2,5-6,9,12H2,(H,14,15);1H. The zero-order valence-corrected chi connectivity index (χ0v) is 11.2. The Bertz CT molecular complexity index is 311. The van der Waals surface area contributed by atoms with Crippen LogP contribution in [-0.4, -0.2) is 29.7 Å². The third-order valence-electron chi connectivity index (χ3n) is 1.97. The number of unbranched alkanes of at least 4 members (excludes halogenated alkanes) is 1. The van der Waals surface area contributed by atoms with Gasteiger partial charge in [0.1, 0.15) is 0 Å². The van der Waals surface area contributed by atoms with E-state index in [4.69, 9.17) is 5.73 Å². The Hall–Kier alpha value is -0.780. The summed E-state index contributed by atoms with van der Waals surface area (Å²) in [4.78, 5) is 16.4. The number of halogens is 1. The number of pyridine rings is 1. The Kier molecular flexibility index (Phi) is 9.90. The van der Waals surface area contributed by atoms with Gasteiger partial charge in [-0.1, -0.05) is 0 Å². The number of thioether (sulfide) groups is 1. The lowest BCUT2D eigenvalue weighted by atomic mass is 10.3. The summed E-state index contributed by atoms with van der Waals surface area (Å²) in [7, 11) is 0. The Morgan fingerprint density at radius 3 is 2.71 bits per heavy atom. The number of nitrogens with two attached hydrogens (primary N) is 1. The van der Waals surface area contributed by atoms with Crippen LogP contribution in [0.1, 0.15) is 12.8 Å². The number of rotatable bonds is 7. The number of carbonyl (C=O) groups is 1. The molecule has 0 saturated carbocycles. The molecule has 1 rings (SSSR count). The van der Waals surface area contributed by atoms with Crippen molar-refractivity contribution >= 4 is 30.1 Å². The summed E-state index contributed by atoms with van der Waals surface area (Å²) in [5.41, 5.74) is 5.36. The summed E-state index contributed by atoms with van der Waals surface area (Å²) in [6, 6.07) is 3.79. The van der Waals surface area contributed by atoms with Gasteiger partial charge in [-0.25, -0.2) is 0 Å². The van der Waals surface area contributed by atoms with Crippen molar-refractivity contribution in [3.05, 3.63) is 24.5 Å². The first-order valence-electron chi connectivity index (χ1n) is 5.32. The molecule has 0 fully saturated rings. The molecule has 6 heteroatoms. The van der Waals surface area contributed by atoms with Gasteiger partial charge in [-0.15, -0.1) is 24.2 Å². The lowest BCUT2D eigenvalue weighted by molar-refractivity contribution is -0.118. The molecule has 0 aliphatic rings. The SMILES string of the molecule is Cl.NCCCCNC(=O)CSc1ccncc1. The summed E-state index contributed by atoms with van der Waals surface area (Å²) >= 11 is 1.52. The monoisotopic (exact) mass is 275 g/mol. The molecule has 0 atom stereocenters. The first-order chi connectivity index (χ1) is 7.83. The van der Waals surface area contributed by atoms with Crippen molar-refractivity contribution in [2.24, 2.45) is 5.73 Å². The quantitative estimate of drug-likeness (QED) is 0.584. The lowest BCUT2D eigenvalue weighted by Gasteiger charge is -2.04. The van der Waals surface area contributed by atoms with Gasteiger partial charge >= 0.3 is 0 Å². The molecule has 96 valence electrons. The van der Waals surface area contributed by atoms with Gasteiger partial charge in [-0.2, -0.15) is 0 Å². The van der Waals surface area contributed by atoms with Crippen LogP contribution in [-0.2, 0) is 4.79 Å². The normalized spacial score (nSPS) is 9.47. The molecule has 0 aliphatic heterocycles. The van der Waals surface area contributed by atoms with Gasteiger partial charge in [-0.05, 0) is 31.5 Å². The topological polar surface area (TPSA) is 68.0 Å². The molecule has 0 aliphatic carbocycles. The second-order valence-corrected chi connectivity index (χ2v) is 4.37. The van der Waals surface area contributed by atoms with Gasteiger partial charge in [0.15, 0.2) is 0 Å². The van der Waals surface area contributed by atoms with E-state index >= 15 is 0 Å². The van der Waals surface area contributed by atoms with E-state index in [0.717, 1.165) is 17.7 Å². The fourth-order valence-corrected chi connectivity index (χ4v) is 1.85. The highest BCUT2D eigenvalue weighted by molar-refractivity contribution is 8.00. The minimum Gasteiger partial charge on any atom is -0.355 e. The zero-order chi connectivity index (χ0) is 11.6. The molecule has 0 saturated heterocycles. The largest absolute Gasteiger partial charge is 0.355 e. The molecular formula is C11H18ClN3OS. The van der Waals surface area contributed by atoms with Crippen LogP contribution in [0.25, 0.3) is 0 Å². The van der Waals surface area contributed by atoms with E-state index < -0.39 is 0 Å². The smallest absolute Gasteiger partial charge is 0.230 e. The van der Waals surface area contributed by atoms with Crippen molar-refractivity contribution in [3.8, 4) is 0 Å². The third-order valence-corrected chi connectivity index (χ3v) is 2.98. The molecule has 3 N–H and O–H groups in total. The number of aromatic nitrogens is 1. The van der Waals surface area contributed by atoms with Crippen LogP contribution < -0.4 is 11.1 Å². The van der Waals surface area contributed by atoms with E-state index in [9.17, 15) is 4.79 Å². The number of hydrogen-bond donors (Lipinski definition) is 2. The average Bonchev–Trinajstić information content (AvgIpc) is 2.33.